The molecule has 0 aliphatic carbocycles. The molecule has 2 unspecified atom stereocenters. The first-order valence-electron chi connectivity index (χ1n) is 7.04. The van der Waals surface area contributed by atoms with Crippen LogP contribution in [0, 0.1) is 0 Å². The molecule has 0 radical (unpaired) electrons. The molecule has 0 amide bonds. The van der Waals surface area contributed by atoms with Gasteiger partial charge in [-0.2, -0.15) is 0 Å². The summed E-state index contributed by atoms with van der Waals surface area (Å²) < 4.78 is 1.11. The number of rotatable bonds is 6. The predicted octanol–water partition coefficient (Wildman–Crippen LogP) is 2.56. The van der Waals surface area contributed by atoms with E-state index in [1.54, 1.807) is 0 Å². The first-order valence-corrected chi connectivity index (χ1v) is 7.83. The summed E-state index contributed by atoms with van der Waals surface area (Å²) in [4.78, 5) is 2.37. The van der Waals surface area contributed by atoms with Crippen molar-refractivity contribution in [3.63, 3.8) is 0 Å². The second kappa shape index (κ2) is 7.39. The molecule has 2 atom stereocenters. The van der Waals surface area contributed by atoms with Crippen molar-refractivity contribution in [1.82, 2.24) is 10.2 Å². The van der Waals surface area contributed by atoms with Gasteiger partial charge in [0.2, 0.25) is 0 Å². The van der Waals surface area contributed by atoms with Crippen molar-refractivity contribution in [2.75, 3.05) is 26.2 Å². The highest BCUT2D eigenvalue weighted by atomic mass is 79.9. The number of hydrogen-bond acceptors (Lipinski definition) is 3. The van der Waals surface area contributed by atoms with E-state index in [-0.39, 0.29) is 6.61 Å². The molecule has 1 aromatic rings. The standard InChI is InChI=1S/C15H23BrN2O/c1-12(13-4-6-14(16)7-5-13)18(9-10-19)11-15-3-2-8-17-15/h4-7,12,15,17,19H,2-3,8-11H2,1H3. The van der Waals surface area contributed by atoms with Gasteiger partial charge in [0.05, 0.1) is 6.61 Å². The van der Waals surface area contributed by atoms with E-state index in [1.165, 1.54) is 18.4 Å². The molecule has 19 heavy (non-hydrogen) atoms. The van der Waals surface area contributed by atoms with Gasteiger partial charge in [-0.1, -0.05) is 28.1 Å². The minimum absolute atomic E-state index is 0.216. The fraction of sp³-hybridized carbons (Fsp3) is 0.600. The second-order valence-corrected chi connectivity index (χ2v) is 6.16. The fourth-order valence-electron chi connectivity index (χ4n) is 2.72. The number of halogens is 1. The molecule has 1 aliphatic heterocycles. The number of nitrogens with zero attached hydrogens (tertiary/aromatic N) is 1. The SMILES string of the molecule is CC(c1ccc(Br)cc1)N(CCO)CC1CCCN1. The molecule has 2 N–H and O–H groups in total. The van der Waals surface area contributed by atoms with E-state index in [0.717, 1.165) is 24.1 Å². The van der Waals surface area contributed by atoms with E-state index >= 15 is 0 Å². The maximum atomic E-state index is 9.28. The van der Waals surface area contributed by atoms with Gasteiger partial charge in [-0.25, -0.2) is 0 Å². The highest BCUT2D eigenvalue weighted by molar-refractivity contribution is 9.10. The van der Waals surface area contributed by atoms with Gasteiger partial charge in [0, 0.05) is 29.6 Å². The largest absolute Gasteiger partial charge is 0.395 e. The van der Waals surface area contributed by atoms with Crippen LogP contribution in [0.2, 0.25) is 0 Å². The van der Waals surface area contributed by atoms with Crippen LogP contribution in [0.4, 0.5) is 0 Å². The van der Waals surface area contributed by atoms with Crippen LogP contribution in [0.25, 0.3) is 0 Å². The van der Waals surface area contributed by atoms with E-state index in [0.29, 0.717) is 12.1 Å². The zero-order chi connectivity index (χ0) is 13.7. The lowest BCUT2D eigenvalue weighted by molar-refractivity contribution is 0.147. The van der Waals surface area contributed by atoms with Crippen molar-refractivity contribution < 1.29 is 5.11 Å². The number of aliphatic hydroxyl groups is 1. The Morgan fingerprint density at radius 2 is 2.16 bits per heavy atom. The molecule has 0 aromatic heterocycles. The molecule has 3 nitrogen and oxygen atoms in total. The molecule has 2 rings (SSSR count). The lowest BCUT2D eigenvalue weighted by atomic mass is 10.1. The summed E-state index contributed by atoms with van der Waals surface area (Å²) in [6.07, 6.45) is 2.51. The minimum atomic E-state index is 0.216. The Morgan fingerprint density at radius 1 is 1.42 bits per heavy atom. The summed E-state index contributed by atoms with van der Waals surface area (Å²) in [6.45, 7) is 5.30. The molecule has 0 bridgehead atoms. The van der Waals surface area contributed by atoms with E-state index in [1.807, 2.05) is 0 Å². The van der Waals surface area contributed by atoms with Gasteiger partial charge in [0.25, 0.3) is 0 Å². The Labute approximate surface area is 124 Å². The number of nitrogens with one attached hydrogen (secondary N) is 1. The van der Waals surface area contributed by atoms with Crippen LogP contribution in [0.15, 0.2) is 28.7 Å². The monoisotopic (exact) mass is 326 g/mol. The molecule has 0 spiro atoms. The highest BCUT2D eigenvalue weighted by Gasteiger charge is 2.21. The maximum Gasteiger partial charge on any atom is 0.0558 e. The van der Waals surface area contributed by atoms with E-state index in [2.05, 4.69) is 57.3 Å². The van der Waals surface area contributed by atoms with Crippen molar-refractivity contribution in [3.05, 3.63) is 34.3 Å². The summed E-state index contributed by atoms with van der Waals surface area (Å²) in [6, 6.07) is 9.38. The first-order chi connectivity index (χ1) is 9.20. The van der Waals surface area contributed by atoms with Crippen LogP contribution in [0.5, 0.6) is 0 Å². The van der Waals surface area contributed by atoms with Gasteiger partial charge in [0.1, 0.15) is 0 Å². The van der Waals surface area contributed by atoms with Gasteiger partial charge >= 0.3 is 0 Å². The normalized spacial score (nSPS) is 20.9. The molecule has 1 saturated heterocycles. The molecule has 4 heteroatoms. The van der Waals surface area contributed by atoms with E-state index < -0.39 is 0 Å². The maximum absolute atomic E-state index is 9.28. The van der Waals surface area contributed by atoms with Crippen molar-refractivity contribution in [3.8, 4) is 0 Å². The van der Waals surface area contributed by atoms with Crippen LogP contribution in [-0.4, -0.2) is 42.3 Å². The molecule has 1 heterocycles. The van der Waals surface area contributed by atoms with Gasteiger partial charge in [-0.05, 0) is 44.0 Å². The van der Waals surface area contributed by atoms with Crippen molar-refractivity contribution in [2.24, 2.45) is 0 Å². The highest BCUT2D eigenvalue weighted by Crippen LogP contribution is 2.23. The Hall–Kier alpha value is -0.420. The van der Waals surface area contributed by atoms with E-state index in [4.69, 9.17) is 0 Å². The molecule has 1 aromatic carbocycles. The molecular weight excluding hydrogens is 304 g/mol. The summed E-state index contributed by atoms with van der Waals surface area (Å²) in [5.74, 6) is 0. The third kappa shape index (κ3) is 4.28. The summed E-state index contributed by atoms with van der Waals surface area (Å²) >= 11 is 3.47. The zero-order valence-electron chi connectivity index (χ0n) is 11.5. The number of aliphatic hydroxyl groups excluding tert-OH is 1. The van der Waals surface area contributed by atoms with Crippen LogP contribution in [-0.2, 0) is 0 Å². The van der Waals surface area contributed by atoms with Crippen LogP contribution in [0.3, 0.4) is 0 Å². The van der Waals surface area contributed by atoms with Gasteiger partial charge in [-0.3, -0.25) is 4.90 Å². The topological polar surface area (TPSA) is 35.5 Å². The molecule has 1 aliphatic rings. The average molecular weight is 327 g/mol. The number of hydrogen-bond donors (Lipinski definition) is 2. The van der Waals surface area contributed by atoms with Crippen molar-refractivity contribution >= 4 is 15.9 Å². The smallest absolute Gasteiger partial charge is 0.0558 e. The Bertz CT molecular complexity index is 376. The minimum Gasteiger partial charge on any atom is -0.395 e. The predicted molar refractivity (Wildman–Crippen MR) is 82.2 cm³/mol. The fourth-order valence-corrected chi connectivity index (χ4v) is 2.98. The Balaban J connectivity index is 2.01. The van der Waals surface area contributed by atoms with E-state index in [9.17, 15) is 5.11 Å². The van der Waals surface area contributed by atoms with Crippen molar-refractivity contribution in [1.29, 1.82) is 0 Å². The van der Waals surface area contributed by atoms with Gasteiger partial charge in [-0.15, -0.1) is 0 Å². The zero-order valence-corrected chi connectivity index (χ0v) is 13.1. The first kappa shape index (κ1) is 15.0. The molecular formula is C15H23BrN2O. The quantitative estimate of drug-likeness (QED) is 0.843. The molecule has 106 valence electrons. The number of benzene rings is 1. The molecule has 0 saturated carbocycles. The van der Waals surface area contributed by atoms with Crippen LogP contribution >= 0.6 is 15.9 Å². The Kier molecular flexibility index (Phi) is 5.82. The van der Waals surface area contributed by atoms with Crippen molar-refractivity contribution in [2.45, 2.75) is 31.8 Å². The lowest BCUT2D eigenvalue weighted by Gasteiger charge is -2.31. The Morgan fingerprint density at radius 3 is 2.74 bits per heavy atom. The van der Waals surface area contributed by atoms with Gasteiger partial charge in [0.15, 0.2) is 0 Å². The van der Waals surface area contributed by atoms with Gasteiger partial charge < -0.3 is 10.4 Å². The van der Waals surface area contributed by atoms with Crippen LogP contribution < -0.4 is 5.32 Å². The third-order valence-corrected chi connectivity index (χ3v) is 4.43. The average Bonchev–Trinajstić information content (AvgIpc) is 2.91. The summed E-state index contributed by atoms with van der Waals surface area (Å²) in [5.41, 5.74) is 1.30. The molecule has 1 fully saturated rings. The summed E-state index contributed by atoms with van der Waals surface area (Å²) in [5, 5.41) is 12.8. The summed E-state index contributed by atoms with van der Waals surface area (Å²) in [7, 11) is 0. The lowest BCUT2D eigenvalue weighted by Crippen LogP contribution is -2.40. The third-order valence-electron chi connectivity index (χ3n) is 3.90. The second-order valence-electron chi connectivity index (χ2n) is 5.24. The van der Waals surface area contributed by atoms with Crippen LogP contribution in [0.1, 0.15) is 31.4 Å².